The molecule has 1 aromatic heterocycles. The molecule has 0 radical (unpaired) electrons. The Kier molecular flexibility index (Phi) is 3.45. The molecule has 0 unspecified atom stereocenters. The molecule has 2 aliphatic heterocycles. The maximum absolute atomic E-state index is 12.1. The predicted octanol–water partition coefficient (Wildman–Crippen LogP) is 2.17. The van der Waals surface area contributed by atoms with Crippen LogP contribution < -0.4 is 15.0 Å². The third-order valence-electron chi connectivity index (χ3n) is 3.93. The average Bonchev–Trinajstić information content (AvgIpc) is 2.85. The Balaban J connectivity index is 1.65. The molecule has 2 saturated heterocycles. The molecule has 3 heterocycles. The lowest BCUT2D eigenvalue weighted by molar-refractivity contribution is -0.274. The van der Waals surface area contributed by atoms with Crippen molar-refractivity contribution in [3.63, 3.8) is 0 Å². The zero-order valence-corrected chi connectivity index (χ0v) is 10.9. The number of hydrogen-bond donors (Lipinski definition) is 1. The number of rotatable bonds is 2. The summed E-state index contributed by atoms with van der Waals surface area (Å²) >= 11 is 0. The highest BCUT2D eigenvalue weighted by Crippen LogP contribution is 2.28. The van der Waals surface area contributed by atoms with Crippen molar-refractivity contribution >= 4 is 5.82 Å². The van der Waals surface area contributed by atoms with Gasteiger partial charge in [0.15, 0.2) is 0 Å². The third-order valence-corrected chi connectivity index (χ3v) is 3.93. The quantitative estimate of drug-likeness (QED) is 0.904. The standard InChI is InChI=1S/C13H16F3N3O/c14-13(15,16)20-10-1-2-12(18-7-10)19-6-4-11-9(8-19)3-5-17-11/h1-2,7,9,11,17H,3-6,8H2/t9-,11+/m1/s1. The molecule has 2 atom stereocenters. The first-order valence-corrected chi connectivity index (χ1v) is 6.71. The van der Waals surface area contributed by atoms with Gasteiger partial charge in [0, 0.05) is 19.1 Å². The van der Waals surface area contributed by atoms with E-state index in [-0.39, 0.29) is 5.75 Å². The zero-order valence-electron chi connectivity index (χ0n) is 10.9. The minimum atomic E-state index is -4.67. The second kappa shape index (κ2) is 5.12. The van der Waals surface area contributed by atoms with E-state index in [0.717, 1.165) is 38.7 Å². The van der Waals surface area contributed by atoms with Crippen LogP contribution in [0.4, 0.5) is 19.0 Å². The minimum absolute atomic E-state index is 0.279. The van der Waals surface area contributed by atoms with E-state index in [9.17, 15) is 13.2 Å². The van der Waals surface area contributed by atoms with Gasteiger partial charge in [-0.3, -0.25) is 0 Å². The molecule has 20 heavy (non-hydrogen) atoms. The highest BCUT2D eigenvalue weighted by molar-refractivity contribution is 5.41. The number of anilines is 1. The van der Waals surface area contributed by atoms with Crippen molar-refractivity contribution in [3.8, 4) is 5.75 Å². The second-order valence-electron chi connectivity index (χ2n) is 5.24. The molecule has 110 valence electrons. The monoisotopic (exact) mass is 287 g/mol. The lowest BCUT2D eigenvalue weighted by Crippen LogP contribution is -2.44. The fraction of sp³-hybridized carbons (Fsp3) is 0.615. The Labute approximate surface area is 114 Å². The first-order valence-electron chi connectivity index (χ1n) is 6.71. The van der Waals surface area contributed by atoms with Crippen LogP contribution in [-0.4, -0.2) is 37.0 Å². The highest BCUT2D eigenvalue weighted by Gasteiger charge is 2.33. The van der Waals surface area contributed by atoms with Crippen molar-refractivity contribution in [2.45, 2.75) is 25.2 Å². The Morgan fingerprint density at radius 2 is 2.15 bits per heavy atom. The molecule has 0 amide bonds. The predicted molar refractivity (Wildman–Crippen MR) is 67.6 cm³/mol. The van der Waals surface area contributed by atoms with E-state index in [2.05, 4.69) is 19.9 Å². The van der Waals surface area contributed by atoms with Crippen LogP contribution in [0.3, 0.4) is 0 Å². The highest BCUT2D eigenvalue weighted by atomic mass is 19.4. The van der Waals surface area contributed by atoms with Crippen LogP contribution in [0.25, 0.3) is 0 Å². The first kappa shape index (κ1) is 13.5. The number of fused-ring (bicyclic) bond motifs is 1. The molecule has 1 aromatic rings. The maximum Gasteiger partial charge on any atom is 0.573 e. The largest absolute Gasteiger partial charge is 0.573 e. The van der Waals surface area contributed by atoms with Gasteiger partial charge < -0.3 is 15.0 Å². The van der Waals surface area contributed by atoms with Gasteiger partial charge in [-0.15, -0.1) is 13.2 Å². The van der Waals surface area contributed by atoms with Crippen LogP contribution in [0, 0.1) is 5.92 Å². The first-order chi connectivity index (χ1) is 9.51. The van der Waals surface area contributed by atoms with Gasteiger partial charge in [0.2, 0.25) is 0 Å². The van der Waals surface area contributed by atoms with E-state index in [4.69, 9.17) is 0 Å². The van der Waals surface area contributed by atoms with Gasteiger partial charge in [-0.05, 0) is 37.4 Å². The molecule has 0 aromatic carbocycles. The van der Waals surface area contributed by atoms with Crippen LogP contribution in [0.2, 0.25) is 0 Å². The van der Waals surface area contributed by atoms with Crippen LogP contribution in [-0.2, 0) is 0 Å². The molecule has 0 spiro atoms. The van der Waals surface area contributed by atoms with Crippen molar-refractivity contribution < 1.29 is 17.9 Å². The number of aromatic nitrogens is 1. The molecular formula is C13H16F3N3O. The summed E-state index contributed by atoms with van der Waals surface area (Å²) < 4.78 is 40.1. The Hall–Kier alpha value is -1.50. The number of nitrogens with zero attached hydrogens (tertiary/aromatic N) is 2. The van der Waals surface area contributed by atoms with Crippen molar-refractivity contribution in [1.82, 2.24) is 10.3 Å². The Bertz CT molecular complexity index is 463. The minimum Gasteiger partial charge on any atom is -0.404 e. The summed E-state index contributed by atoms with van der Waals surface area (Å²) in [7, 11) is 0. The van der Waals surface area contributed by atoms with Crippen molar-refractivity contribution in [1.29, 1.82) is 0 Å². The SMILES string of the molecule is FC(F)(F)Oc1ccc(N2CC[C@@H]3NCC[C@@H]3C2)nc1. The number of nitrogens with one attached hydrogen (secondary N) is 1. The lowest BCUT2D eigenvalue weighted by atomic mass is 9.93. The van der Waals surface area contributed by atoms with E-state index in [1.165, 1.54) is 6.07 Å². The number of alkyl halides is 3. The fourth-order valence-electron chi connectivity index (χ4n) is 3.01. The molecule has 4 nitrogen and oxygen atoms in total. The van der Waals surface area contributed by atoms with Gasteiger partial charge in [-0.1, -0.05) is 0 Å². The zero-order chi connectivity index (χ0) is 14.2. The van der Waals surface area contributed by atoms with Crippen molar-refractivity contribution in [2.75, 3.05) is 24.5 Å². The lowest BCUT2D eigenvalue weighted by Gasteiger charge is -2.35. The van der Waals surface area contributed by atoms with Gasteiger partial charge >= 0.3 is 6.36 Å². The van der Waals surface area contributed by atoms with Gasteiger partial charge in [-0.2, -0.15) is 0 Å². The van der Waals surface area contributed by atoms with Crippen LogP contribution in [0.5, 0.6) is 5.75 Å². The maximum atomic E-state index is 12.1. The van der Waals surface area contributed by atoms with E-state index in [1.807, 2.05) is 0 Å². The summed E-state index contributed by atoms with van der Waals surface area (Å²) in [6.07, 6.45) is -1.34. The number of piperidine rings is 1. The molecular weight excluding hydrogens is 271 g/mol. The topological polar surface area (TPSA) is 37.4 Å². The van der Waals surface area contributed by atoms with E-state index in [0.29, 0.717) is 17.8 Å². The number of halogens is 3. The molecule has 1 N–H and O–H groups in total. The number of ether oxygens (including phenoxy) is 1. The van der Waals surface area contributed by atoms with Gasteiger partial charge in [0.25, 0.3) is 0 Å². The molecule has 0 bridgehead atoms. The normalized spacial score (nSPS) is 26.4. The second-order valence-corrected chi connectivity index (χ2v) is 5.24. The summed E-state index contributed by atoms with van der Waals surface area (Å²) in [5.41, 5.74) is 0. The van der Waals surface area contributed by atoms with Crippen LogP contribution >= 0.6 is 0 Å². The van der Waals surface area contributed by atoms with Crippen molar-refractivity contribution in [2.24, 2.45) is 5.92 Å². The van der Waals surface area contributed by atoms with E-state index in [1.54, 1.807) is 6.07 Å². The summed E-state index contributed by atoms with van der Waals surface area (Å²) in [5.74, 6) is 1.04. The summed E-state index contributed by atoms with van der Waals surface area (Å²) in [6, 6.07) is 3.48. The molecule has 0 saturated carbocycles. The van der Waals surface area contributed by atoms with Gasteiger partial charge in [0.05, 0.1) is 6.20 Å². The smallest absolute Gasteiger partial charge is 0.404 e. The number of hydrogen-bond acceptors (Lipinski definition) is 4. The molecule has 3 rings (SSSR count). The fourth-order valence-corrected chi connectivity index (χ4v) is 3.01. The van der Waals surface area contributed by atoms with Gasteiger partial charge in [0.1, 0.15) is 11.6 Å². The van der Waals surface area contributed by atoms with Crippen LogP contribution in [0.15, 0.2) is 18.3 Å². The summed E-state index contributed by atoms with van der Waals surface area (Å²) in [5, 5.41) is 3.47. The Morgan fingerprint density at radius 1 is 1.30 bits per heavy atom. The third kappa shape index (κ3) is 2.98. The van der Waals surface area contributed by atoms with E-state index >= 15 is 0 Å². The molecule has 7 heteroatoms. The summed E-state index contributed by atoms with van der Waals surface area (Å²) in [6.45, 7) is 2.83. The van der Waals surface area contributed by atoms with E-state index < -0.39 is 6.36 Å². The van der Waals surface area contributed by atoms with Gasteiger partial charge in [-0.25, -0.2) is 4.98 Å². The average molecular weight is 287 g/mol. The molecule has 2 aliphatic rings. The number of pyridine rings is 1. The molecule has 0 aliphatic carbocycles. The van der Waals surface area contributed by atoms with Crippen LogP contribution in [0.1, 0.15) is 12.8 Å². The summed E-state index contributed by atoms with van der Waals surface area (Å²) in [4.78, 5) is 6.21. The molecule has 2 fully saturated rings. The Morgan fingerprint density at radius 3 is 2.85 bits per heavy atom. The van der Waals surface area contributed by atoms with Crippen molar-refractivity contribution in [3.05, 3.63) is 18.3 Å².